The van der Waals surface area contributed by atoms with Crippen molar-refractivity contribution in [3.05, 3.63) is 35.9 Å². The van der Waals surface area contributed by atoms with E-state index in [1.807, 2.05) is 30.3 Å². The van der Waals surface area contributed by atoms with E-state index in [-0.39, 0.29) is 24.7 Å². The molecular formula is C21H29NO5. The molecule has 0 saturated heterocycles. The normalized spacial score (nSPS) is 26.6. The molecule has 27 heavy (non-hydrogen) atoms. The van der Waals surface area contributed by atoms with Crippen molar-refractivity contribution in [1.82, 2.24) is 4.90 Å². The SMILES string of the molecule is O=C(OCc1ccccc1)N(CCCO)CC12CCC(C(=O)O)(CC1)CC2. The summed E-state index contributed by atoms with van der Waals surface area (Å²) in [5.41, 5.74) is 0.372. The maximum atomic E-state index is 12.7. The van der Waals surface area contributed by atoms with Crippen LogP contribution >= 0.6 is 0 Å². The molecule has 1 aromatic rings. The van der Waals surface area contributed by atoms with E-state index in [0.717, 1.165) is 24.8 Å². The van der Waals surface area contributed by atoms with Gasteiger partial charge in [-0.15, -0.1) is 0 Å². The standard InChI is InChI=1S/C21H29NO5/c23-14-4-13-22(19(26)27-15-17-5-2-1-3-6-17)16-20-7-10-21(11-8-20,12-9-20)18(24)25/h1-3,5-6,23H,4,7-16H2,(H,24,25). The van der Waals surface area contributed by atoms with E-state index in [4.69, 9.17) is 4.74 Å². The van der Waals surface area contributed by atoms with Crippen LogP contribution in [0.1, 0.15) is 50.5 Å². The Kier molecular flexibility index (Phi) is 6.05. The zero-order chi connectivity index (χ0) is 19.3. The summed E-state index contributed by atoms with van der Waals surface area (Å²) in [6, 6.07) is 9.56. The van der Waals surface area contributed by atoms with E-state index in [2.05, 4.69) is 0 Å². The van der Waals surface area contributed by atoms with Gasteiger partial charge in [0.25, 0.3) is 0 Å². The Morgan fingerprint density at radius 1 is 1.04 bits per heavy atom. The Labute approximate surface area is 160 Å². The van der Waals surface area contributed by atoms with Crippen LogP contribution < -0.4 is 0 Å². The lowest BCUT2D eigenvalue weighted by Crippen LogP contribution is -2.51. The fraction of sp³-hybridized carbons (Fsp3) is 0.619. The topological polar surface area (TPSA) is 87.1 Å². The summed E-state index contributed by atoms with van der Waals surface area (Å²) in [4.78, 5) is 26.0. The van der Waals surface area contributed by atoms with Crippen molar-refractivity contribution >= 4 is 12.1 Å². The second kappa shape index (κ2) is 8.30. The predicted octanol–water partition coefficient (Wildman–Crippen LogP) is 3.43. The van der Waals surface area contributed by atoms with Gasteiger partial charge >= 0.3 is 12.1 Å². The Morgan fingerprint density at radius 3 is 2.22 bits per heavy atom. The van der Waals surface area contributed by atoms with Crippen LogP contribution in [0, 0.1) is 10.8 Å². The van der Waals surface area contributed by atoms with Crippen LogP contribution in [0.3, 0.4) is 0 Å². The number of benzene rings is 1. The molecule has 0 spiro atoms. The van der Waals surface area contributed by atoms with Gasteiger partial charge in [0.1, 0.15) is 6.61 Å². The summed E-state index contributed by atoms with van der Waals surface area (Å²) in [5, 5.41) is 18.7. The number of carbonyl (C=O) groups is 2. The Hall–Kier alpha value is -2.08. The number of ether oxygens (including phenoxy) is 1. The number of carboxylic acid groups (broad SMARTS) is 1. The minimum atomic E-state index is -0.671. The lowest BCUT2D eigenvalue weighted by Gasteiger charge is -2.52. The van der Waals surface area contributed by atoms with E-state index < -0.39 is 11.4 Å². The molecule has 2 N–H and O–H groups in total. The van der Waals surface area contributed by atoms with E-state index in [1.165, 1.54) is 0 Å². The molecule has 148 valence electrons. The van der Waals surface area contributed by atoms with Crippen LogP contribution in [-0.2, 0) is 16.1 Å². The second-order valence-electron chi connectivity index (χ2n) is 8.12. The number of aliphatic hydroxyl groups excluding tert-OH is 1. The van der Waals surface area contributed by atoms with Gasteiger partial charge < -0.3 is 19.8 Å². The third-order valence-corrected chi connectivity index (χ3v) is 6.43. The number of carboxylic acids is 1. The van der Waals surface area contributed by atoms with Crippen LogP contribution in [0.15, 0.2) is 30.3 Å². The average Bonchev–Trinajstić information content (AvgIpc) is 2.71. The molecule has 0 aliphatic heterocycles. The molecule has 0 atom stereocenters. The molecule has 3 fully saturated rings. The molecule has 1 aromatic carbocycles. The highest BCUT2D eigenvalue weighted by Gasteiger charge is 2.53. The summed E-state index contributed by atoms with van der Waals surface area (Å²) in [7, 11) is 0. The van der Waals surface area contributed by atoms with Crippen molar-refractivity contribution < 1.29 is 24.5 Å². The largest absolute Gasteiger partial charge is 0.481 e. The molecule has 3 saturated carbocycles. The monoisotopic (exact) mass is 375 g/mol. The zero-order valence-corrected chi connectivity index (χ0v) is 15.7. The van der Waals surface area contributed by atoms with Gasteiger partial charge in [-0.05, 0) is 55.9 Å². The molecule has 0 unspecified atom stereocenters. The zero-order valence-electron chi connectivity index (χ0n) is 15.7. The quantitative estimate of drug-likeness (QED) is 0.727. The van der Waals surface area contributed by atoms with Gasteiger partial charge in [-0.25, -0.2) is 4.79 Å². The molecule has 3 aliphatic carbocycles. The van der Waals surface area contributed by atoms with Gasteiger partial charge in [-0.1, -0.05) is 30.3 Å². The molecular weight excluding hydrogens is 346 g/mol. The first-order valence-electron chi connectivity index (χ1n) is 9.79. The van der Waals surface area contributed by atoms with Crippen LogP contribution in [0.2, 0.25) is 0 Å². The van der Waals surface area contributed by atoms with Crippen molar-refractivity contribution in [2.75, 3.05) is 19.7 Å². The Bertz CT molecular complexity index is 635. The first-order valence-corrected chi connectivity index (χ1v) is 9.79. The van der Waals surface area contributed by atoms with Crippen LogP contribution in [0.5, 0.6) is 0 Å². The van der Waals surface area contributed by atoms with Crippen molar-refractivity contribution in [1.29, 1.82) is 0 Å². The van der Waals surface area contributed by atoms with Gasteiger partial charge in [0.2, 0.25) is 0 Å². The summed E-state index contributed by atoms with van der Waals surface area (Å²) in [6.07, 6.45) is 4.72. The fourth-order valence-corrected chi connectivity index (χ4v) is 4.53. The molecule has 0 aromatic heterocycles. The first kappa shape index (κ1) is 19.7. The molecule has 4 rings (SSSR count). The van der Waals surface area contributed by atoms with Crippen LogP contribution in [-0.4, -0.2) is 46.9 Å². The van der Waals surface area contributed by atoms with E-state index in [1.54, 1.807) is 4.90 Å². The third-order valence-electron chi connectivity index (χ3n) is 6.43. The number of fused-ring (bicyclic) bond motifs is 3. The molecule has 6 heteroatoms. The number of amides is 1. The Morgan fingerprint density at radius 2 is 1.67 bits per heavy atom. The number of aliphatic carboxylic acids is 1. The summed E-state index contributed by atoms with van der Waals surface area (Å²) in [6.45, 7) is 1.29. The lowest BCUT2D eigenvalue weighted by molar-refractivity contribution is -0.159. The molecule has 3 aliphatic rings. The number of hydrogen-bond donors (Lipinski definition) is 2. The maximum Gasteiger partial charge on any atom is 0.410 e. The minimum absolute atomic E-state index is 0.0155. The second-order valence-corrected chi connectivity index (χ2v) is 8.12. The summed E-state index contributed by atoms with van der Waals surface area (Å²) >= 11 is 0. The number of aliphatic hydroxyl groups is 1. The molecule has 2 bridgehead atoms. The van der Waals surface area contributed by atoms with Crippen molar-refractivity contribution in [2.45, 2.75) is 51.6 Å². The fourth-order valence-electron chi connectivity index (χ4n) is 4.53. The van der Waals surface area contributed by atoms with E-state index >= 15 is 0 Å². The lowest BCUT2D eigenvalue weighted by atomic mass is 9.53. The third kappa shape index (κ3) is 4.43. The van der Waals surface area contributed by atoms with Crippen molar-refractivity contribution in [2.24, 2.45) is 10.8 Å². The number of carbonyl (C=O) groups excluding carboxylic acids is 1. The highest BCUT2D eigenvalue weighted by molar-refractivity contribution is 5.75. The van der Waals surface area contributed by atoms with Crippen molar-refractivity contribution in [3.8, 4) is 0 Å². The van der Waals surface area contributed by atoms with Crippen LogP contribution in [0.25, 0.3) is 0 Å². The predicted molar refractivity (Wildman–Crippen MR) is 100 cm³/mol. The first-order chi connectivity index (χ1) is 13.0. The minimum Gasteiger partial charge on any atom is -0.481 e. The highest BCUT2D eigenvalue weighted by atomic mass is 16.6. The number of nitrogens with zero attached hydrogens (tertiary/aromatic N) is 1. The molecule has 1 amide bonds. The molecule has 0 radical (unpaired) electrons. The van der Waals surface area contributed by atoms with Gasteiger partial charge in [0.05, 0.1) is 5.41 Å². The smallest absolute Gasteiger partial charge is 0.410 e. The van der Waals surface area contributed by atoms with Crippen LogP contribution in [0.4, 0.5) is 4.79 Å². The van der Waals surface area contributed by atoms with Gasteiger partial charge in [-0.2, -0.15) is 0 Å². The Balaban J connectivity index is 1.61. The molecule has 6 nitrogen and oxygen atoms in total. The molecule has 0 heterocycles. The van der Waals surface area contributed by atoms with Crippen molar-refractivity contribution in [3.63, 3.8) is 0 Å². The van der Waals surface area contributed by atoms with E-state index in [0.29, 0.717) is 38.8 Å². The average molecular weight is 375 g/mol. The summed E-state index contributed by atoms with van der Waals surface area (Å²) < 4.78 is 5.50. The summed E-state index contributed by atoms with van der Waals surface area (Å²) in [5.74, 6) is -0.671. The number of hydrogen-bond acceptors (Lipinski definition) is 4. The van der Waals surface area contributed by atoms with E-state index in [9.17, 15) is 19.8 Å². The maximum absolute atomic E-state index is 12.7. The van der Waals surface area contributed by atoms with Gasteiger partial charge in [0, 0.05) is 19.7 Å². The highest BCUT2D eigenvalue weighted by Crippen LogP contribution is 2.57. The number of rotatable bonds is 8. The van der Waals surface area contributed by atoms with Gasteiger partial charge in [0.15, 0.2) is 0 Å². The van der Waals surface area contributed by atoms with Gasteiger partial charge in [-0.3, -0.25) is 4.79 Å².